The van der Waals surface area contributed by atoms with E-state index in [4.69, 9.17) is 0 Å². The monoisotopic (exact) mass is 240 g/mol. The summed E-state index contributed by atoms with van der Waals surface area (Å²) in [5.74, 6) is 0.205. The molecule has 0 saturated heterocycles. The van der Waals surface area contributed by atoms with Gasteiger partial charge in [0.05, 0.1) is 17.4 Å². The molecule has 4 nitrogen and oxygen atoms in total. The largest absolute Gasteiger partial charge is 0.508 e. The fraction of sp³-hybridized carbons (Fsp3) is 0.0714. The molecule has 0 aliphatic heterocycles. The lowest BCUT2D eigenvalue weighted by Gasteiger charge is -2.02. The van der Waals surface area contributed by atoms with E-state index in [-0.39, 0.29) is 11.3 Å². The number of aromatic amines is 1. The highest BCUT2D eigenvalue weighted by Gasteiger charge is 2.06. The lowest BCUT2D eigenvalue weighted by molar-refractivity contribution is 0.474. The summed E-state index contributed by atoms with van der Waals surface area (Å²) >= 11 is 0. The second kappa shape index (κ2) is 4.07. The first kappa shape index (κ1) is 10.7. The summed E-state index contributed by atoms with van der Waals surface area (Å²) in [7, 11) is 0. The van der Waals surface area contributed by atoms with Gasteiger partial charge in [0.25, 0.3) is 5.56 Å². The molecule has 0 aliphatic carbocycles. The first-order chi connectivity index (χ1) is 8.74. The maximum Gasteiger partial charge on any atom is 0.274 e. The Kier molecular flexibility index (Phi) is 2.41. The molecule has 3 rings (SSSR count). The van der Waals surface area contributed by atoms with E-state index in [1.165, 1.54) is 0 Å². The number of rotatable bonds is 2. The summed E-state index contributed by atoms with van der Waals surface area (Å²) in [6.45, 7) is 0.419. The van der Waals surface area contributed by atoms with E-state index in [1.807, 2.05) is 24.3 Å². The number of para-hydroxylation sites is 1. The van der Waals surface area contributed by atoms with Crippen LogP contribution in [0.4, 0.5) is 0 Å². The molecule has 0 saturated carbocycles. The van der Waals surface area contributed by atoms with Crippen LogP contribution in [-0.2, 0) is 6.54 Å². The van der Waals surface area contributed by atoms with Crippen LogP contribution >= 0.6 is 0 Å². The van der Waals surface area contributed by atoms with Crippen molar-refractivity contribution >= 4 is 10.9 Å². The van der Waals surface area contributed by atoms with Crippen molar-refractivity contribution in [3.63, 3.8) is 0 Å². The number of aromatic nitrogens is 2. The Morgan fingerprint density at radius 1 is 1.11 bits per heavy atom. The smallest absolute Gasteiger partial charge is 0.274 e. The summed E-state index contributed by atoms with van der Waals surface area (Å²) in [6.07, 6.45) is 0. The van der Waals surface area contributed by atoms with E-state index >= 15 is 0 Å². The zero-order chi connectivity index (χ0) is 12.5. The number of phenols is 1. The number of hydrogen-bond acceptors (Lipinski definition) is 2. The van der Waals surface area contributed by atoms with Gasteiger partial charge in [-0.1, -0.05) is 24.3 Å². The second-order valence-electron chi connectivity index (χ2n) is 4.22. The van der Waals surface area contributed by atoms with E-state index in [2.05, 4.69) is 5.10 Å². The Bertz CT molecular complexity index is 756. The van der Waals surface area contributed by atoms with Crippen LogP contribution in [0.1, 0.15) is 5.56 Å². The summed E-state index contributed by atoms with van der Waals surface area (Å²) in [5, 5.41) is 13.1. The Morgan fingerprint density at radius 2 is 1.94 bits per heavy atom. The van der Waals surface area contributed by atoms with Crippen LogP contribution in [0, 0.1) is 0 Å². The molecular formula is C14H12N2O2. The number of benzene rings is 2. The third-order valence-corrected chi connectivity index (χ3v) is 2.91. The van der Waals surface area contributed by atoms with E-state index in [0.717, 1.165) is 11.1 Å². The predicted molar refractivity (Wildman–Crippen MR) is 69.8 cm³/mol. The van der Waals surface area contributed by atoms with Gasteiger partial charge in [-0.3, -0.25) is 9.89 Å². The van der Waals surface area contributed by atoms with Crippen molar-refractivity contribution in [2.45, 2.75) is 6.54 Å². The minimum Gasteiger partial charge on any atom is -0.508 e. The average Bonchev–Trinajstić information content (AvgIpc) is 2.67. The molecule has 1 heterocycles. The molecule has 0 spiro atoms. The van der Waals surface area contributed by atoms with Gasteiger partial charge in [0.2, 0.25) is 0 Å². The second-order valence-corrected chi connectivity index (χ2v) is 4.22. The molecule has 2 N–H and O–H groups in total. The standard InChI is InChI=1S/C14H12N2O2/c17-11-5-3-4-10(8-11)9-16-14(18)12-6-1-2-7-13(12)15-16/h1-8,15,17H,9H2. The van der Waals surface area contributed by atoms with Gasteiger partial charge in [-0.05, 0) is 29.8 Å². The number of fused-ring (bicyclic) bond motifs is 1. The maximum atomic E-state index is 12.1. The molecule has 4 heteroatoms. The third-order valence-electron chi connectivity index (χ3n) is 2.91. The molecule has 0 radical (unpaired) electrons. The highest BCUT2D eigenvalue weighted by Crippen LogP contribution is 2.12. The molecule has 0 amide bonds. The van der Waals surface area contributed by atoms with Gasteiger partial charge >= 0.3 is 0 Å². The van der Waals surface area contributed by atoms with Crippen LogP contribution in [0.15, 0.2) is 53.3 Å². The number of phenolic OH excluding ortho intramolecular Hbond substituents is 1. The molecule has 0 fully saturated rings. The van der Waals surface area contributed by atoms with Crippen LogP contribution in [0.25, 0.3) is 10.9 Å². The fourth-order valence-corrected chi connectivity index (χ4v) is 2.06. The average molecular weight is 240 g/mol. The highest BCUT2D eigenvalue weighted by molar-refractivity contribution is 5.77. The van der Waals surface area contributed by atoms with Crippen LogP contribution in [0.3, 0.4) is 0 Å². The number of H-pyrrole nitrogens is 1. The molecule has 1 aromatic heterocycles. The van der Waals surface area contributed by atoms with Crippen molar-refractivity contribution in [3.8, 4) is 5.75 Å². The lowest BCUT2D eigenvalue weighted by atomic mass is 10.2. The SMILES string of the molecule is O=c1c2ccccc2[nH]n1Cc1cccc(O)c1. The molecular weight excluding hydrogens is 228 g/mol. The maximum absolute atomic E-state index is 12.1. The van der Waals surface area contributed by atoms with Crippen LogP contribution in [0.2, 0.25) is 0 Å². The van der Waals surface area contributed by atoms with Gasteiger partial charge in [0.15, 0.2) is 0 Å². The van der Waals surface area contributed by atoms with E-state index in [0.29, 0.717) is 11.9 Å². The number of nitrogens with one attached hydrogen (secondary N) is 1. The topological polar surface area (TPSA) is 58.0 Å². The van der Waals surface area contributed by atoms with E-state index in [1.54, 1.807) is 28.9 Å². The Labute approximate surface area is 103 Å². The zero-order valence-corrected chi connectivity index (χ0v) is 9.63. The molecule has 0 atom stereocenters. The van der Waals surface area contributed by atoms with E-state index < -0.39 is 0 Å². The minimum atomic E-state index is -0.0473. The summed E-state index contributed by atoms with van der Waals surface area (Å²) in [5.41, 5.74) is 1.65. The van der Waals surface area contributed by atoms with E-state index in [9.17, 15) is 9.90 Å². The Morgan fingerprint density at radius 3 is 2.72 bits per heavy atom. The van der Waals surface area contributed by atoms with Crippen molar-refractivity contribution in [1.29, 1.82) is 0 Å². The predicted octanol–water partition coefficient (Wildman–Crippen LogP) is 2.08. The summed E-state index contributed by atoms with van der Waals surface area (Å²) < 4.78 is 1.54. The number of hydrogen-bond donors (Lipinski definition) is 2. The first-order valence-electron chi connectivity index (χ1n) is 5.69. The molecule has 2 aromatic carbocycles. The van der Waals surface area contributed by atoms with Crippen LogP contribution in [0.5, 0.6) is 5.75 Å². The van der Waals surface area contributed by atoms with Crippen molar-refractivity contribution in [1.82, 2.24) is 9.78 Å². The molecule has 18 heavy (non-hydrogen) atoms. The van der Waals surface area contributed by atoms with Gasteiger partial charge in [-0.2, -0.15) is 0 Å². The van der Waals surface area contributed by atoms with Crippen LogP contribution < -0.4 is 5.56 Å². The quantitative estimate of drug-likeness (QED) is 0.720. The highest BCUT2D eigenvalue weighted by atomic mass is 16.3. The Hall–Kier alpha value is -2.49. The number of nitrogens with zero attached hydrogens (tertiary/aromatic N) is 1. The van der Waals surface area contributed by atoms with Crippen molar-refractivity contribution in [2.24, 2.45) is 0 Å². The summed E-state index contributed by atoms with van der Waals surface area (Å²) in [6, 6.07) is 14.3. The van der Waals surface area contributed by atoms with Crippen molar-refractivity contribution in [2.75, 3.05) is 0 Å². The normalized spacial score (nSPS) is 10.9. The van der Waals surface area contributed by atoms with Gasteiger partial charge in [0, 0.05) is 0 Å². The molecule has 90 valence electrons. The molecule has 0 unspecified atom stereocenters. The molecule has 0 aliphatic rings. The molecule has 3 aromatic rings. The lowest BCUT2D eigenvalue weighted by Crippen LogP contribution is -2.17. The number of aromatic hydroxyl groups is 1. The summed E-state index contributed by atoms with van der Waals surface area (Å²) in [4.78, 5) is 12.1. The fourth-order valence-electron chi connectivity index (χ4n) is 2.06. The van der Waals surface area contributed by atoms with Gasteiger partial charge < -0.3 is 5.11 Å². The van der Waals surface area contributed by atoms with Gasteiger partial charge in [-0.25, -0.2) is 4.68 Å². The third kappa shape index (κ3) is 1.78. The van der Waals surface area contributed by atoms with Gasteiger partial charge in [-0.15, -0.1) is 0 Å². The van der Waals surface area contributed by atoms with Gasteiger partial charge in [0.1, 0.15) is 5.75 Å². The zero-order valence-electron chi connectivity index (χ0n) is 9.63. The van der Waals surface area contributed by atoms with Crippen molar-refractivity contribution in [3.05, 3.63) is 64.4 Å². The molecule has 0 bridgehead atoms. The minimum absolute atomic E-state index is 0.0473. The Balaban J connectivity index is 2.05. The first-order valence-corrected chi connectivity index (χ1v) is 5.69. The van der Waals surface area contributed by atoms with Crippen LogP contribution in [-0.4, -0.2) is 14.9 Å². The van der Waals surface area contributed by atoms with Crippen molar-refractivity contribution < 1.29 is 5.11 Å².